The van der Waals surface area contributed by atoms with Crippen LogP contribution in [0.4, 0.5) is 0 Å². The van der Waals surface area contributed by atoms with Crippen molar-refractivity contribution in [2.45, 2.75) is 38.0 Å². The van der Waals surface area contributed by atoms with E-state index in [-0.39, 0.29) is 17.6 Å². The Bertz CT molecular complexity index is 1630. The summed E-state index contributed by atoms with van der Waals surface area (Å²) in [5.41, 5.74) is 3.15. The van der Waals surface area contributed by atoms with Crippen LogP contribution in [0, 0.1) is 11.3 Å². The van der Waals surface area contributed by atoms with Gasteiger partial charge in [0.25, 0.3) is 0 Å². The monoisotopic (exact) mass is 507 g/mol. The van der Waals surface area contributed by atoms with E-state index < -0.39 is 11.4 Å². The normalized spacial score (nSPS) is 23.4. The first-order chi connectivity index (χ1) is 18.4. The Morgan fingerprint density at radius 3 is 2.84 bits per heavy atom. The Hall–Kier alpha value is -5.11. The van der Waals surface area contributed by atoms with Gasteiger partial charge in [-0.2, -0.15) is 10.4 Å². The number of rotatable bonds is 5. The number of nitrogens with zero attached hydrogens (tertiary/aromatic N) is 5. The maximum Gasteiger partial charge on any atom is 0.326 e. The molecule has 1 aliphatic carbocycles. The van der Waals surface area contributed by atoms with Gasteiger partial charge >= 0.3 is 5.69 Å². The number of aromatic hydroxyl groups is 1. The molecule has 3 heterocycles. The zero-order chi connectivity index (χ0) is 26.3. The number of aromatic amines is 2. The van der Waals surface area contributed by atoms with Crippen molar-refractivity contribution in [3.05, 3.63) is 81.4 Å². The summed E-state index contributed by atoms with van der Waals surface area (Å²) in [6.45, 7) is 2.31. The molecule has 3 aromatic rings. The van der Waals surface area contributed by atoms with Gasteiger partial charge in [0.15, 0.2) is 5.66 Å². The summed E-state index contributed by atoms with van der Waals surface area (Å²) < 4.78 is 0. The molecule has 5 N–H and O–H groups in total. The summed E-state index contributed by atoms with van der Waals surface area (Å²) in [5.74, 6) is 0.852. The van der Waals surface area contributed by atoms with Gasteiger partial charge in [0.1, 0.15) is 5.69 Å². The molecular formula is C27H25N9O2. The number of guanidine groups is 2. The SMILES string of the molecule is CC12NC(=NCc3ccccc3-c3cccc(C#N)c3)NC(=NC3CC3)N1N=C/C2=C\c1[nH]c(=O)[nH]c1O. The van der Waals surface area contributed by atoms with E-state index in [0.29, 0.717) is 29.6 Å². The molecule has 1 unspecified atom stereocenters. The van der Waals surface area contributed by atoms with Crippen molar-refractivity contribution in [1.29, 1.82) is 5.26 Å². The fourth-order valence-electron chi connectivity index (χ4n) is 4.52. The van der Waals surface area contributed by atoms with E-state index in [9.17, 15) is 15.2 Å². The van der Waals surface area contributed by atoms with Crippen molar-refractivity contribution in [3.8, 4) is 23.1 Å². The van der Waals surface area contributed by atoms with Gasteiger partial charge in [-0.15, -0.1) is 0 Å². The maximum absolute atomic E-state index is 11.6. The highest BCUT2D eigenvalue weighted by atomic mass is 16.3. The number of aromatic nitrogens is 2. The van der Waals surface area contributed by atoms with Crippen molar-refractivity contribution in [2.24, 2.45) is 15.1 Å². The molecule has 1 aromatic heterocycles. The Morgan fingerprint density at radius 1 is 1.24 bits per heavy atom. The third-order valence-corrected chi connectivity index (χ3v) is 6.71. The lowest BCUT2D eigenvalue weighted by molar-refractivity contribution is 0.229. The second kappa shape index (κ2) is 9.08. The zero-order valence-electron chi connectivity index (χ0n) is 20.6. The molecule has 2 fully saturated rings. The van der Waals surface area contributed by atoms with E-state index >= 15 is 0 Å². The molecular weight excluding hydrogens is 482 g/mol. The van der Waals surface area contributed by atoms with Gasteiger partial charge in [0.2, 0.25) is 17.8 Å². The predicted molar refractivity (Wildman–Crippen MR) is 144 cm³/mol. The number of hydrogen-bond donors (Lipinski definition) is 5. The molecule has 0 spiro atoms. The highest BCUT2D eigenvalue weighted by Crippen LogP contribution is 2.33. The average molecular weight is 508 g/mol. The van der Waals surface area contributed by atoms with E-state index in [4.69, 9.17) is 9.98 Å². The van der Waals surface area contributed by atoms with Crippen molar-refractivity contribution < 1.29 is 5.11 Å². The van der Waals surface area contributed by atoms with Gasteiger partial charge < -0.3 is 15.4 Å². The lowest BCUT2D eigenvalue weighted by atomic mass is 9.98. The highest BCUT2D eigenvalue weighted by molar-refractivity contribution is 6.06. The Balaban J connectivity index is 1.34. The van der Waals surface area contributed by atoms with E-state index in [1.54, 1.807) is 23.4 Å². The molecule has 1 atom stereocenters. The number of imidazole rings is 1. The molecule has 0 amide bonds. The summed E-state index contributed by atoms with van der Waals surface area (Å²) in [6.07, 6.45) is 5.38. The third-order valence-electron chi connectivity index (χ3n) is 6.71. The first-order valence-corrected chi connectivity index (χ1v) is 12.3. The van der Waals surface area contributed by atoms with Crippen LogP contribution >= 0.6 is 0 Å². The second-order valence-corrected chi connectivity index (χ2v) is 9.52. The minimum atomic E-state index is -0.862. The van der Waals surface area contributed by atoms with Gasteiger partial charge in [0, 0.05) is 5.57 Å². The molecule has 38 heavy (non-hydrogen) atoms. The number of nitrogens with one attached hydrogen (secondary N) is 4. The zero-order valence-corrected chi connectivity index (χ0v) is 20.6. The molecule has 6 rings (SSSR count). The average Bonchev–Trinajstić information content (AvgIpc) is 3.59. The van der Waals surface area contributed by atoms with Gasteiger partial charge in [0.05, 0.1) is 30.4 Å². The quantitative estimate of drug-likeness (QED) is 0.357. The van der Waals surface area contributed by atoms with Crippen LogP contribution in [0.3, 0.4) is 0 Å². The van der Waals surface area contributed by atoms with Crippen LogP contribution in [-0.2, 0) is 6.54 Å². The van der Waals surface area contributed by atoms with Gasteiger partial charge in [-0.05, 0) is 54.7 Å². The molecule has 0 bridgehead atoms. The van der Waals surface area contributed by atoms with E-state index in [2.05, 4.69) is 31.8 Å². The van der Waals surface area contributed by atoms with Gasteiger partial charge in [-0.3, -0.25) is 10.3 Å². The standard InChI is InChI=1S/C27H25N9O2/c1-27-19(12-22-23(37)33-26(38)32-22)15-30-36(27)25(31-20-9-10-20)34-24(35-27)29-14-18-6-2-3-8-21(18)17-7-4-5-16(11-17)13-28/h2-8,11-12,15,20,37H,9-10,14H2,1H3,(H2,32,33,38)(H2,29,31,34,35)/b19-12+. The van der Waals surface area contributed by atoms with E-state index in [0.717, 1.165) is 29.5 Å². The third kappa shape index (κ3) is 4.32. The fourth-order valence-corrected chi connectivity index (χ4v) is 4.52. The lowest BCUT2D eigenvalue weighted by Crippen LogP contribution is -2.68. The van der Waals surface area contributed by atoms with E-state index in [1.165, 1.54) is 0 Å². The van der Waals surface area contributed by atoms with Crippen LogP contribution in [-0.4, -0.2) is 49.9 Å². The van der Waals surface area contributed by atoms with Gasteiger partial charge in [-0.25, -0.2) is 19.8 Å². The number of hydrogen-bond acceptors (Lipinski definition) is 6. The Labute approximate surface area is 218 Å². The predicted octanol–water partition coefficient (Wildman–Crippen LogP) is 2.62. The smallest absolute Gasteiger partial charge is 0.326 e. The van der Waals surface area contributed by atoms with Gasteiger partial charge in [-0.1, -0.05) is 36.4 Å². The van der Waals surface area contributed by atoms with Crippen molar-refractivity contribution in [2.75, 3.05) is 0 Å². The molecule has 2 aromatic carbocycles. The molecule has 1 saturated carbocycles. The molecule has 0 radical (unpaired) electrons. The number of nitriles is 1. The van der Waals surface area contributed by atoms with Crippen LogP contribution in [0.25, 0.3) is 17.2 Å². The minimum Gasteiger partial charge on any atom is -0.493 e. The van der Waals surface area contributed by atoms with Crippen LogP contribution in [0.2, 0.25) is 0 Å². The molecule has 2 aliphatic heterocycles. The highest BCUT2D eigenvalue weighted by Gasteiger charge is 2.46. The van der Waals surface area contributed by atoms with Crippen LogP contribution in [0.15, 0.2) is 74.0 Å². The molecule has 1 saturated heterocycles. The maximum atomic E-state index is 11.6. The lowest BCUT2D eigenvalue weighted by Gasteiger charge is -2.42. The van der Waals surface area contributed by atoms with Crippen LogP contribution < -0.4 is 16.3 Å². The van der Waals surface area contributed by atoms with Crippen molar-refractivity contribution >= 4 is 24.2 Å². The van der Waals surface area contributed by atoms with Crippen molar-refractivity contribution in [1.82, 2.24) is 25.6 Å². The molecule has 190 valence electrons. The minimum absolute atomic E-state index is 0.238. The Morgan fingerprint density at radius 2 is 2.08 bits per heavy atom. The number of fused-ring (bicyclic) bond motifs is 1. The summed E-state index contributed by atoms with van der Waals surface area (Å²) in [4.78, 5) is 26.2. The first kappa shape index (κ1) is 23.3. The number of hydrazone groups is 1. The Kier molecular flexibility index (Phi) is 5.57. The largest absolute Gasteiger partial charge is 0.493 e. The molecule has 11 nitrogen and oxygen atoms in total. The first-order valence-electron chi connectivity index (χ1n) is 12.3. The molecule has 11 heteroatoms. The van der Waals surface area contributed by atoms with Crippen LogP contribution in [0.5, 0.6) is 5.88 Å². The van der Waals surface area contributed by atoms with Crippen molar-refractivity contribution in [3.63, 3.8) is 0 Å². The second-order valence-electron chi connectivity index (χ2n) is 9.52. The number of aliphatic imine (C=N–C) groups is 2. The topological polar surface area (TPSA) is 157 Å². The van der Waals surface area contributed by atoms with E-state index in [1.807, 2.05) is 49.4 Å². The fraction of sp³-hybridized carbons (Fsp3) is 0.222. The summed E-state index contributed by atoms with van der Waals surface area (Å²) in [7, 11) is 0. The number of benzene rings is 2. The summed E-state index contributed by atoms with van der Waals surface area (Å²) >= 11 is 0. The number of H-pyrrole nitrogens is 2. The summed E-state index contributed by atoms with van der Waals surface area (Å²) in [6, 6.07) is 17.9. The molecule has 3 aliphatic rings. The van der Waals surface area contributed by atoms with Crippen LogP contribution in [0.1, 0.15) is 36.6 Å². The summed E-state index contributed by atoms with van der Waals surface area (Å²) in [5, 5.41) is 32.4.